The summed E-state index contributed by atoms with van der Waals surface area (Å²) >= 11 is 0. The van der Waals surface area contributed by atoms with Crippen LogP contribution in [0.5, 0.6) is 0 Å². The lowest BCUT2D eigenvalue weighted by atomic mass is 10.2. The number of hydrogen-bond acceptors (Lipinski definition) is 2. The first-order valence-electron chi connectivity index (χ1n) is 6.18. The van der Waals surface area contributed by atoms with E-state index in [1.165, 1.54) is 5.56 Å². The lowest BCUT2D eigenvalue weighted by Gasteiger charge is -2.25. The van der Waals surface area contributed by atoms with Crippen molar-refractivity contribution in [2.45, 2.75) is 33.4 Å². The minimum atomic E-state index is 0.0946. The van der Waals surface area contributed by atoms with Gasteiger partial charge in [0.05, 0.1) is 6.54 Å². The summed E-state index contributed by atoms with van der Waals surface area (Å²) in [6, 6.07) is 10.6. The molecule has 1 aromatic carbocycles. The first-order chi connectivity index (χ1) is 8.13. The average Bonchev–Trinajstić information content (AvgIpc) is 2.29. The summed E-state index contributed by atoms with van der Waals surface area (Å²) in [6.45, 7) is 8.13. The third-order valence-electron chi connectivity index (χ3n) is 2.68. The molecule has 0 aliphatic carbocycles. The van der Waals surface area contributed by atoms with Crippen molar-refractivity contribution in [1.82, 2.24) is 10.2 Å². The number of nitrogens with one attached hydrogen (secondary N) is 1. The summed E-state index contributed by atoms with van der Waals surface area (Å²) in [4.78, 5) is 13.8. The van der Waals surface area contributed by atoms with Gasteiger partial charge in [-0.3, -0.25) is 9.69 Å². The molecule has 3 nitrogen and oxygen atoms in total. The first kappa shape index (κ1) is 13.7. The maximum Gasteiger partial charge on any atom is 0.234 e. The lowest BCUT2D eigenvalue weighted by Crippen LogP contribution is -2.40. The zero-order chi connectivity index (χ0) is 12.7. The van der Waals surface area contributed by atoms with E-state index in [0.717, 1.165) is 6.54 Å². The van der Waals surface area contributed by atoms with Crippen LogP contribution in [0.2, 0.25) is 0 Å². The molecule has 1 rings (SSSR count). The first-order valence-corrected chi connectivity index (χ1v) is 6.18. The van der Waals surface area contributed by atoms with Crippen LogP contribution in [0.1, 0.15) is 26.3 Å². The van der Waals surface area contributed by atoms with Crippen molar-refractivity contribution in [3.63, 3.8) is 0 Å². The molecule has 0 aliphatic heterocycles. The number of rotatable bonds is 6. The SMILES string of the molecule is CCNC(=O)CN(Cc1ccccc1)C(C)C. The monoisotopic (exact) mass is 234 g/mol. The molecule has 0 aromatic heterocycles. The van der Waals surface area contributed by atoms with E-state index < -0.39 is 0 Å². The fraction of sp³-hybridized carbons (Fsp3) is 0.500. The number of carbonyl (C=O) groups is 1. The number of carbonyl (C=O) groups excluding carboxylic acids is 1. The third kappa shape index (κ3) is 5.00. The summed E-state index contributed by atoms with van der Waals surface area (Å²) in [6.07, 6.45) is 0. The molecular formula is C14H22N2O. The van der Waals surface area contributed by atoms with E-state index in [1.54, 1.807) is 0 Å². The molecule has 0 saturated heterocycles. The van der Waals surface area contributed by atoms with E-state index >= 15 is 0 Å². The Kier molecular flexibility index (Phi) is 5.70. The van der Waals surface area contributed by atoms with Crippen LogP contribution in [0.25, 0.3) is 0 Å². The Morgan fingerprint density at radius 2 is 1.94 bits per heavy atom. The zero-order valence-electron chi connectivity index (χ0n) is 10.9. The van der Waals surface area contributed by atoms with Gasteiger partial charge in [-0.15, -0.1) is 0 Å². The molecule has 1 aromatic rings. The van der Waals surface area contributed by atoms with E-state index in [-0.39, 0.29) is 5.91 Å². The highest BCUT2D eigenvalue weighted by molar-refractivity contribution is 5.77. The van der Waals surface area contributed by atoms with Gasteiger partial charge in [0.15, 0.2) is 0 Å². The molecule has 0 heterocycles. The van der Waals surface area contributed by atoms with Crippen LogP contribution in [-0.4, -0.2) is 29.9 Å². The molecule has 94 valence electrons. The van der Waals surface area contributed by atoms with Crippen LogP contribution in [0.3, 0.4) is 0 Å². The Hall–Kier alpha value is -1.35. The normalized spacial score (nSPS) is 10.9. The largest absolute Gasteiger partial charge is 0.355 e. The third-order valence-corrected chi connectivity index (χ3v) is 2.68. The van der Waals surface area contributed by atoms with Crippen molar-refractivity contribution in [2.75, 3.05) is 13.1 Å². The van der Waals surface area contributed by atoms with Crippen molar-refractivity contribution in [2.24, 2.45) is 0 Å². The summed E-state index contributed by atoms with van der Waals surface area (Å²) in [7, 11) is 0. The van der Waals surface area contributed by atoms with E-state index in [0.29, 0.717) is 19.1 Å². The number of hydrogen-bond donors (Lipinski definition) is 1. The van der Waals surface area contributed by atoms with E-state index in [9.17, 15) is 4.79 Å². The van der Waals surface area contributed by atoms with Gasteiger partial charge >= 0.3 is 0 Å². The van der Waals surface area contributed by atoms with Gasteiger partial charge in [-0.1, -0.05) is 30.3 Å². The van der Waals surface area contributed by atoms with Crippen molar-refractivity contribution in [3.05, 3.63) is 35.9 Å². The molecule has 3 heteroatoms. The van der Waals surface area contributed by atoms with Gasteiger partial charge in [-0.05, 0) is 26.3 Å². The highest BCUT2D eigenvalue weighted by Crippen LogP contribution is 2.07. The summed E-state index contributed by atoms with van der Waals surface area (Å²) in [5.41, 5.74) is 1.24. The standard InChI is InChI=1S/C14H22N2O/c1-4-15-14(17)11-16(12(2)3)10-13-8-6-5-7-9-13/h5-9,12H,4,10-11H2,1-3H3,(H,15,17). The fourth-order valence-corrected chi connectivity index (χ4v) is 1.68. The van der Waals surface area contributed by atoms with Gasteiger partial charge in [0.25, 0.3) is 0 Å². The number of nitrogens with zero attached hydrogens (tertiary/aromatic N) is 1. The van der Waals surface area contributed by atoms with Crippen molar-refractivity contribution in [3.8, 4) is 0 Å². The highest BCUT2D eigenvalue weighted by atomic mass is 16.2. The van der Waals surface area contributed by atoms with Gasteiger partial charge in [0, 0.05) is 19.1 Å². The van der Waals surface area contributed by atoms with E-state index in [4.69, 9.17) is 0 Å². The van der Waals surface area contributed by atoms with Crippen LogP contribution in [0, 0.1) is 0 Å². The molecule has 0 fully saturated rings. The molecular weight excluding hydrogens is 212 g/mol. The van der Waals surface area contributed by atoms with Gasteiger partial charge in [0.2, 0.25) is 5.91 Å². The predicted octanol–water partition coefficient (Wildman–Crippen LogP) is 2.03. The van der Waals surface area contributed by atoms with Gasteiger partial charge in [0.1, 0.15) is 0 Å². The second-order valence-electron chi connectivity index (χ2n) is 4.44. The van der Waals surface area contributed by atoms with Gasteiger partial charge in [-0.2, -0.15) is 0 Å². The Labute approximate surface area is 104 Å². The maximum atomic E-state index is 11.6. The Bertz CT molecular complexity index is 335. The van der Waals surface area contributed by atoms with E-state index in [1.807, 2.05) is 25.1 Å². The summed E-state index contributed by atoms with van der Waals surface area (Å²) in [5, 5.41) is 2.84. The molecule has 1 N–H and O–H groups in total. The summed E-state index contributed by atoms with van der Waals surface area (Å²) in [5.74, 6) is 0.0946. The molecule has 1 amide bonds. The molecule has 0 radical (unpaired) electrons. The lowest BCUT2D eigenvalue weighted by molar-refractivity contribution is -0.122. The van der Waals surface area contributed by atoms with Crippen LogP contribution >= 0.6 is 0 Å². The number of likely N-dealkylation sites (N-methyl/N-ethyl adjacent to an activating group) is 1. The van der Waals surface area contributed by atoms with Crippen LogP contribution in [0.15, 0.2) is 30.3 Å². The predicted molar refractivity (Wildman–Crippen MR) is 70.7 cm³/mol. The Morgan fingerprint density at radius 3 is 2.47 bits per heavy atom. The number of benzene rings is 1. The molecule has 0 unspecified atom stereocenters. The molecule has 0 atom stereocenters. The van der Waals surface area contributed by atoms with Crippen LogP contribution in [0.4, 0.5) is 0 Å². The van der Waals surface area contributed by atoms with Crippen LogP contribution < -0.4 is 5.32 Å². The minimum Gasteiger partial charge on any atom is -0.355 e. The molecule has 0 saturated carbocycles. The highest BCUT2D eigenvalue weighted by Gasteiger charge is 2.13. The number of amides is 1. The second kappa shape index (κ2) is 7.07. The quantitative estimate of drug-likeness (QED) is 0.817. The second-order valence-corrected chi connectivity index (χ2v) is 4.44. The zero-order valence-corrected chi connectivity index (χ0v) is 10.9. The molecule has 0 spiro atoms. The Balaban J connectivity index is 2.58. The van der Waals surface area contributed by atoms with Crippen LogP contribution in [-0.2, 0) is 11.3 Å². The molecule has 17 heavy (non-hydrogen) atoms. The van der Waals surface area contributed by atoms with Gasteiger partial charge < -0.3 is 5.32 Å². The van der Waals surface area contributed by atoms with Crippen molar-refractivity contribution >= 4 is 5.91 Å². The molecule has 0 bridgehead atoms. The van der Waals surface area contributed by atoms with E-state index in [2.05, 4.69) is 36.2 Å². The minimum absolute atomic E-state index is 0.0946. The Morgan fingerprint density at radius 1 is 1.29 bits per heavy atom. The smallest absolute Gasteiger partial charge is 0.234 e. The average molecular weight is 234 g/mol. The molecule has 0 aliphatic rings. The van der Waals surface area contributed by atoms with Gasteiger partial charge in [-0.25, -0.2) is 0 Å². The van der Waals surface area contributed by atoms with Crippen molar-refractivity contribution in [1.29, 1.82) is 0 Å². The maximum absolute atomic E-state index is 11.6. The van der Waals surface area contributed by atoms with Crippen molar-refractivity contribution < 1.29 is 4.79 Å². The topological polar surface area (TPSA) is 32.3 Å². The summed E-state index contributed by atoms with van der Waals surface area (Å²) < 4.78 is 0. The fourth-order valence-electron chi connectivity index (χ4n) is 1.68.